The fourth-order valence-electron chi connectivity index (χ4n) is 2.57. The molecular formula is C14H20ClF3N2O. The van der Waals surface area contributed by atoms with Gasteiger partial charge in [0.2, 0.25) is 0 Å². The van der Waals surface area contributed by atoms with Crippen LogP contribution in [0.3, 0.4) is 0 Å². The highest BCUT2D eigenvalue weighted by molar-refractivity contribution is 5.85. The first-order valence-corrected chi connectivity index (χ1v) is 6.65. The molecule has 0 aliphatic carbocycles. The van der Waals surface area contributed by atoms with Crippen LogP contribution in [0.2, 0.25) is 0 Å². The second-order valence-corrected chi connectivity index (χ2v) is 5.13. The molecule has 3 nitrogen and oxygen atoms in total. The molecule has 0 radical (unpaired) electrons. The second-order valence-electron chi connectivity index (χ2n) is 5.13. The van der Waals surface area contributed by atoms with Gasteiger partial charge in [-0.2, -0.15) is 0 Å². The maximum absolute atomic E-state index is 14.1. The monoisotopic (exact) mass is 324 g/mol. The van der Waals surface area contributed by atoms with Crippen molar-refractivity contribution < 1.29 is 18.3 Å². The zero-order chi connectivity index (χ0) is 14.8. The number of aryl methyl sites for hydroxylation is 1. The van der Waals surface area contributed by atoms with Crippen LogP contribution >= 0.6 is 12.4 Å². The van der Waals surface area contributed by atoms with Gasteiger partial charge in [-0.15, -0.1) is 12.4 Å². The summed E-state index contributed by atoms with van der Waals surface area (Å²) in [6.45, 7) is 2.35. The van der Waals surface area contributed by atoms with Crippen LogP contribution in [-0.2, 0) is 0 Å². The average molecular weight is 325 g/mol. The van der Waals surface area contributed by atoms with Crippen molar-refractivity contribution in [3.8, 4) is 0 Å². The molecule has 0 unspecified atom stereocenters. The summed E-state index contributed by atoms with van der Waals surface area (Å²) in [5, 5.41) is 12.1. The van der Waals surface area contributed by atoms with E-state index in [4.69, 9.17) is 5.11 Å². The first-order valence-electron chi connectivity index (χ1n) is 6.65. The van der Waals surface area contributed by atoms with Crippen molar-refractivity contribution in [1.82, 2.24) is 10.2 Å². The van der Waals surface area contributed by atoms with E-state index in [1.165, 1.54) is 17.0 Å². The summed E-state index contributed by atoms with van der Waals surface area (Å²) in [6, 6.07) is 2.81. The molecule has 1 aromatic carbocycles. The van der Waals surface area contributed by atoms with Crippen LogP contribution in [0.4, 0.5) is 13.2 Å². The summed E-state index contributed by atoms with van der Waals surface area (Å²) in [5.74, 6) is -4.03. The Labute approximate surface area is 128 Å². The Balaban J connectivity index is 0.00000220. The van der Waals surface area contributed by atoms with Gasteiger partial charge >= 0.3 is 0 Å². The Morgan fingerprint density at radius 1 is 1.33 bits per heavy atom. The molecule has 2 N–H and O–H groups in total. The minimum Gasteiger partial charge on any atom is -0.390 e. The van der Waals surface area contributed by atoms with Gasteiger partial charge in [-0.3, -0.25) is 4.90 Å². The Bertz CT molecular complexity index is 468. The molecule has 0 aromatic heterocycles. The number of nitrogens with one attached hydrogen (secondary N) is 1. The fraction of sp³-hybridized carbons (Fsp3) is 0.571. The second kappa shape index (κ2) is 7.45. The van der Waals surface area contributed by atoms with Gasteiger partial charge in [0.05, 0.1) is 0 Å². The van der Waals surface area contributed by atoms with Crippen molar-refractivity contribution in [3.63, 3.8) is 0 Å². The normalized spacial score (nSPS) is 18.1. The van der Waals surface area contributed by atoms with Crippen LogP contribution in [0.15, 0.2) is 18.2 Å². The topological polar surface area (TPSA) is 35.5 Å². The van der Waals surface area contributed by atoms with Crippen LogP contribution in [0.25, 0.3) is 0 Å². The molecule has 1 atom stereocenters. The van der Waals surface area contributed by atoms with Crippen LogP contribution in [0.5, 0.6) is 0 Å². The Kier molecular flexibility index (Phi) is 6.46. The molecule has 0 amide bonds. The smallest absolute Gasteiger partial charge is 0.290 e. The van der Waals surface area contributed by atoms with Crippen LogP contribution < -0.4 is 5.32 Å². The number of hydrogen-bond donors (Lipinski definition) is 2. The lowest BCUT2D eigenvalue weighted by molar-refractivity contribution is -0.119. The standard InChI is InChI=1S/C14H19F3N2O.ClH/c1-10-2-3-11(12(15)8-10)13(14(16,17)9-20)19-6-4-18-5-7-19;/h2-3,8,13,18,20H,4-7,9H2,1H3;1H/t13-;/m1./s1. The molecule has 1 saturated heterocycles. The number of nitrogens with zero attached hydrogens (tertiary/aromatic N) is 1. The van der Waals surface area contributed by atoms with E-state index >= 15 is 0 Å². The summed E-state index contributed by atoms with van der Waals surface area (Å²) < 4.78 is 42.2. The van der Waals surface area contributed by atoms with Gasteiger partial charge in [0.25, 0.3) is 5.92 Å². The maximum Gasteiger partial charge on any atom is 0.290 e. The Morgan fingerprint density at radius 3 is 2.48 bits per heavy atom. The summed E-state index contributed by atoms with van der Waals surface area (Å²) in [4.78, 5) is 1.53. The molecule has 7 heteroatoms. The largest absolute Gasteiger partial charge is 0.390 e. The number of benzene rings is 1. The molecule has 2 rings (SSSR count). The molecule has 1 aromatic rings. The van der Waals surface area contributed by atoms with Gasteiger partial charge in [0.1, 0.15) is 18.5 Å². The highest BCUT2D eigenvalue weighted by atomic mass is 35.5. The third kappa shape index (κ3) is 4.10. The van der Waals surface area contributed by atoms with Gasteiger partial charge in [-0.1, -0.05) is 12.1 Å². The number of halogens is 4. The van der Waals surface area contributed by atoms with Gasteiger partial charge in [-0.05, 0) is 18.6 Å². The molecule has 0 spiro atoms. The van der Waals surface area contributed by atoms with Crippen molar-refractivity contribution in [2.45, 2.75) is 18.9 Å². The number of aliphatic hydroxyl groups is 1. The first-order chi connectivity index (χ1) is 9.45. The lowest BCUT2D eigenvalue weighted by atomic mass is 9.96. The zero-order valence-corrected chi connectivity index (χ0v) is 12.6. The first kappa shape index (κ1) is 18.2. The third-order valence-corrected chi connectivity index (χ3v) is 3.58. The molecule has 1 heterocycles. The van der Waals surface area contributed by atoms with E-state index in [1.54, 1.807) is 13.0 Å². The Morgan fingerprint density at radius 2 is 1.95 bits per heavy atom. The summed E-state index contributed by atoms with van der Waals surface area (Å²) in [5.41, 5.74) is 0.620. The highest BCUT2D eigenvalue weighted by Gasteiger charge is 2.45. The van der Waals surface area contributed by atoms with Gasteiger partial charge in [0, 0.05) is 31.7 Å². The molecule has 0 bridgehead atoms. The van der Waals surface area contributed by atoms with E-state index in [9.17, 15) is 13.2 Å². The SMILES string of the molecule is Cc1ccc([C@@H](N2CCNCC2)C(F)(F)CO)c(F)c1.Cl. The minimum absolute atomic E-state index is 0. The van der Waals surface area contributed by atoms with Crippen LogP contribution in [0, 0.1) is 12.7 Å². The zero-order valence-electron chi connectivity index (χ0n) is 11.8. The average Bonchev–Trinajstić information content (AvgIpc) is 2.43. The quantitative estimate of drug-likeness (QED) is 0.890. The van der Waals surface area contributed by atoms with E-state index in [0.29, 0.717) is 31.7 Å². The van der Waals surface area contributed by atoms with E-state index in [2.05, 4.69) is 5.32 Å². The van der Waals surface area contributed by atoms with Crippen molar-refractivity contribution in [2.24, 2.45) is 0 Å². The van der Waals surface area contributed by atoms with Crippen molar-refractivity contribution in [2.75, 3.05) is 32.8 Å². The van der Waals surface area contributed by atoms with Gasteiger partial charge < -0.3 is 10.4 Å². The lowest BCUT2D eigenvalue weighted by Crippen LogP contribution is -2.51. The summed E-state index contributed by atoms with van der Waals surface area (Å²) >= 11 is 0. The van der Waals surface area contributed by atoms with E-state index in [1.807, 2.05) is 0 Å². The van der Waals surface area contributed by atoms with E-state index in [-0.39, 0.29) is 18.0 Å². The summed E-state index contributed by atoms with van der Waals surface area (Å²) in [6.07, 6.45) is 0. The summed E-state index contributed by atoms with van der Waals surface area (Å²) in [7, 11) is 0. The molecule has 120 valence electrons. The fourth-order valence-corrected chi connectivity index (χ4v) is 2.57. The molecule has 0 saturated carbocycles. The number of rotatable bonds is 4. The van der Waals surface area contributed by atoms with Crippen molar-refractivity contribution >= 4 is 12.4 Å². The highest BCUT2D eigenvalue weighted by Crippen LogP contribution is 2.37. The predicted octanol–water partition coefficient (Wildman–Crippen LogP) is 2.13. The molecular weight excluding hydrogens is 305 g/mol. The molecule has 1 aliphatic heterocycles. The van der Waals surface area contributed by atoms with Crippen molar-refractivity contribution in [3.05, 3.63) is 35.1 Å². The van der Waals surface area contributed by atoms with E-state index < -0.39 is 24.4 Å². The predicted molar refractivity (Wildman–Crippen MR) is 77.6 cm³/mol. The molecule has 1 aliphatic rings. The number of piperazine rings is 1. The van der Waals surface area contributed by atoms with Crippen LogP contribution in [0.1, 0.15) is 17.2 Å². The number of hydrogen-bond acceptors (Lipinski definition) is 3. The number of aliphatic hydroxyl groups excluding tert-OH is 1. The lowest BCUT2D eigenvalue weighted by Gasteiger charge is -2.38. The van der Waals surface area contributed by atoms with Gasteiger partial charge in [-0.25, -0.2) is 13.2 Å². The molecule has 1 fully saturated rings. The van der Waals surface area contributed by atoms with Crippen LogP contribution in [-0.4, -0.2) is 48.7 Å². The maximum atomic E-state index is 14.1. The third-order valence-electron chi connectivity index (χ3n) is 3.58. The van der Waals surface area contributed by atoms with Crippen molar-refractivity contribution in [1.29, 1.82) is 0 Å². The minimum atomic E-state index is -3.38. The Hall–Kier alpha value is -0.820. The van der Waals surface area contributed by atoms with E-state index in [0.717, 1.165) is 0 Å². The van der Waals surface area contributed by atoms with Gasteiger partial charge in [0.15, 0.2) is 0 Å². The number of alkyl halides is 2. The molecule has 21 heavy (non-hydrogen) atoms.